The number of fused-ring (bicyclic) bond motifs is 3. The van der Waals surface area contributed by atoms with Gasteiger partial charge in [-0.25, -0.2) is 0 Å². The fourth-order valence-electron chi connectivity index (χ4n) is 8.10. The number of benzene rings is 7. The van der Waals surface area contributed by atoms with Crippen LogP contribution in [-0.2, 0) is 10.8 Å². The van der Waals surface area contributed by atoms with Crippen LogP contribution in [0.2, 0.25) is 0 Å². The molecule has 0 aromatic heterocycles. The quantitative estimate of drug-likeness (QED) is 0.174. The normalized spacial score (nSPS) is 16.0. The first-order valence-electron chi connectivity index (χ1n) is 21.0. The second-order valence-electron chi connectivity index (χ2n) is 17.9. The fraction of sp³-hybridized carbons (Fsp3) is 0.222. The highest BCUT2D eigenvalue weighted by Crippen LogP contribution is 2.40. The summed E-state index contributed by atoms with van der Waals surface area (Å²) in [4.78, 5) is 30.9. The van der Waals surface area contributed by atoms with Crippen molar-refractivity contribution in [2.75, 3.05) is 34.7 Å². The summed E-state index contributed by atoms with van der Waals surface area (Å²) in [6, 6.07) is 52.1. The molecule has 314 valence electrons. The molecule has 0 saturated heterocycles. The van der Waals surface area contributed by atoms with Gasteiger partial charge in [0.1, 0.15) is 23.8 Å². The van der Waals surface area contributed by atoms with Crippen LogP contribution in [-0.4, -0.2) is 26.0 Å². The highest BCUT2D eigenvalue weighted by Gasteiger charge is 2.36. The lowest BCUT2D eigenvalue weighted by atomic mass is 9.87. The van der Waals surface area contributed by atoms with E-state index in [-0.39, 0.29) is 35.0 Å². The number of para-hydroxylation sites is 2. The third kappa shape index (κ3) is 8.33. The Morgan fingerprint density at radius 1 is 0.452 bits per heavy atom. The summed E-state index contributed by atoms with van der Waals surface area (Å²) in [6.07, 6.45) is -0.656. The number of hydrogen-bond donors (Lipinski definition) is 2. The molecule has 2 heterocycles. The number of carbonyl (C=O) groups excluding carboxylic acids is 2. The van der Waals surface area contributed by atoms with Crippen molar-refractivity contribution in [3.05, 3.63) is 191 Å². The molecule has 2 atom stereocenters. The lowest BCUT2D eigenvalue weighted by molar-refractivity contribution is 0.0967. The second kappa shape index (κ2) is 16.8. The molecule has 2 aliphatic heterocycles. The van der Waals surface area contributed by atoms with E-state index in [1.54, 1.807) is 14.2 Å². The van der Waals surface area contributed by atoms with E-state index in [0.717, 1.165) is 56.1 Å². The number of anilines is 4. The zero-order valence-corrected chi connectivity index (χ0v) is 36.7. The van der Waals surface area contributed by atoms with Crippen LogP contribution in [0.4, 0.5) is 22.7 Å². The first-order valence-corrected chi connectivity index (χ1v) is 21.0. The molecule has 7 aromatic rings. The molecule has 2 unspecified atom stereocenters. The molecule has 0 aliphatic carbocycles. The number of hydrogen-bond acceptors (Lipinski definition) is 6. The van der Waals surface area contributed by atoms with E-state index < -0.39 is 0 Å². The van der Waals surface area contributed by atoms with Gasteiger partial charge in [0.2, 0.25) is 0 Å². The van der Waals surface area contributed by atoms with Gasteiger partial charge in [0, 0.05) is 22.7 Å². The van der Waals surface area contributed by atoms with Gasteiger partial charge in [-0.05, 0) is 123 Å². The number of nitrogens with one attached hydrogen (secondary N) is 2. The van der Waals surface area contributed by atoms with Gasteiger partial charge in [-0.2, -0.15) is 0 Å². The minimum Gasteiger partial charge on any atom is -0.497 e. The van der Waals surface area contributed by atoms with Gasteiger partial charge in [0.25, 0.3) is 11.8 Å². The van der Waals surface area contributed by atoms with Crippen molar-refractivity contribution in [2.24, 2.45) is 0 Å². The molecule has 0 bridgehead atoms. The van der Waals surface area contributed by atoms with Crippen LogP contribution in [0.15, 0.2) is 158 Å². The third-order valence-corrected chi connectivity index (χ3v) is 11.7. The average molecular weight is 823 g/mol. The molecule has 2 amide bonds. The first-order chi connectivity index (χ1) is 29.7. The third-order valence-electron chi connectivity index (χ3n) is 11.7. The maximum absolute atomic E-state index is 13.7. The van der Waals surface area contributed by atoms with Crippen LogP contribution in [0.3, 0.4) is 0 Å². The van der Waals surface area contributed by atoms with E-state index in [1.165, 1.54) is 11.1 Å². The molecule has 0 fully saturated rings. The van der Waals surface area contributed by atoms with Crippen LogP contribution in [0.25, 0.3) is 10.8 Å². The Labute approximate surface area is 365 Å². The Balaban J connectivity index is 0.000000172. The van der Waals surface area contributed by atoms with Crippen LogP contribution in [0.5, 0.6) is 11.5 Å². The molecule has 8 nitrogen and oxygen atoms in total. The summed E-state index contributed by atoms with van der Waals surface area (Å²) < 4.78 is 10.8. The maximum atomic E-state index is 13.7. The SMILES string of the molecule is COc1ccc2ccc(C3Nc4ccccc4C(=O)N3c3ccc(C(C)(C)C)cc3)cc2c1.COc1cccc(C2Nc3ccccc3C(=O)N2c2ccc(C(C)(C)C)cc2)c1. The number of rotatable bonds is 6. The second-order valence-corrected chi connectivity index (χ2v) is 17.9. The molecule has 9 rings (SSSR count). The minimum atomic E-state index is -0.330. The van der Waals surface area contributed by atoms with Crippen LogP contribution >= 0.6 is 0 Å². The molecular formula is C54H54N4O4. The van der Waals surface area contributed by atoms with Crippen molar-refractivity contribution in [2.45, 2.75) is 64.7 Å². The van der Waals surface area contributed by atoms with Crippen molar-refractivity contribution in [3.8, 4) is 11.5 Å². The number of carbonyl (C=O) groups is 2. The Morgan fingerprint density at radius 2 is 0.903 bits per heavy atom. The zero-order chi connectivity index (χ0) is 43.8. The smallest absolute Gasteiger partial charge is 0.262 e. The van der Waals surface area contributed by atoms with Crippen LogP contribution < -0.4 is 29.9 Å². The standard InChI is InChI=1S/C29H28N2O2.C25H26N2O2/c1-29(2,3)22-12-14-23(15-13-22)31-27(30-26-8-6-5-7-25(26)28(31)32)20-10-9-19-11-16-24(33-4)18-21(19)17-20;1-25(2,3)18-12-14-19(15-13-18)27-23(17-8-7-9-20(16-17)29-4)26-22-11-6-5-10-21(22)24(27)28/h5-18,27,30H,1-4H3;5-16,23,26H,1-4H3. The van der Waals surface area contributed by atoms with Crippen LogP contribution in [0, 0.1) is 0 Å². The topological polar surface area (TPSA) is 83.1 Å². The number of nitrogens with zero attached hydrogens (tertiary/aromatic N) is 2. The first kappa shape index (κ1) is 41.7. The molecule has 2 aliphatic rings. The maximum Gasteiger partial charge on any atom is 0.262 e. The number of amides is 2. The van der Waals surface area contributed by atoms with Crippen LogP contribution in [0.1, 0.15) is 96.8 Å². The van der Waals surface area contributed by atoms with Crippen molar-refractivity contribution >= 4 is 45.3 Å². The highest BCUT2D eigenvalue weighted by molar-refractivity contribution is 6.13. The van der Waals surface area contributed by atoms with Gasteiger partial charge in [-0.3, -0.25) is 19.4 Å². The van der Waals surface area contributed by atoms with Gasteiger partial charge in [0.15, 0.2) is 0 Å². The predicted molar refractivity (Wildman–Crippen MR) is 253 cm³/mol. The Bertz CT molecular complexity index is 2750. The van der Waals surface area contributed by atoms with Crippen molar-refractivity contribution in [1.29, 1.82) is 0 Å². The van der Waals surface area contributed by atoms with Gasteiger partial charge >= 0.3 is 0 Å². The Morgan fingerprint density at radius 3 is 1.39 bits per heavy atom. The van der Waals surface area contributed by atoms with Gasteiger partial charge in [-0.1, -0.05) is 120 Å². The Kier molecular flexibility index (Phi) is 11.3. The summed E-state index contributed by atoms with van der Waals surface area (Å²) in [5, 5.41) is 9.34. The number of ether oxygens (including phenoxy) is 2. The van der Waals surface area contributed by atoms with Crippen molar-refractivity contribution < 1.29 is 19.1 Å². The summed E-state index contributed by atoms with van der Waals surface area (Å²) in [6.45, 7) is 13.1. The zero-order valence-electron chi connectivity index (χ0n) is 36.7. The van der Waals surface area contributed by atoms with E-state index >= 15 is 0 Å². The molecule has 2 N–H and O–H groups in total. The average Bonchev–Trinajstić information content (AvgIpc) is 3.28. The van der Waals surface area contributed by atoms with Gasteiger partial charge < -0.3 is 20.1 Å². The predicted octanol–water partition coefficient (Wildman–Crippen LogP) is 12.7. The molecule has 0 radical (unpaired) electrons. The lowest BCUT2D eigenvalue weighted by Crippen LogP contribution is -2.43. The molecule has 8 heteroatoms. The largest absolute Gasteiger partial charge is 0.497 e. The lowest BCUT2D eigenvalue weighted by Gasteiger charge is -2.38. The van der Waals surface area contributed by atoms with Gasteiger partial charge in [0.05, 0.1) is 25.3 Å². The molecule has 0 saturated carbocycles. The molecule has 0 spiro atoms. The Hall–Kier alpha value is -7.06. The summed E-state index contributed by atoms with van der Waals surface area (Å²) >= 11 is 0. The summed E-state index contributed by atoms with van der Waals surface area (Å²) in [7, 11) is 3.32. The molecule has 62 heavy (non-hydrogen) atoms. The fourth-order valence-corrected chi connectivity index (χ4v) is 8.10. The van der Waals surface area contributed by atoms with Crippen molar-refractivity contribution in [3.63, 3.8) is 0 Å². The van der Waals surface area contributed by atoms with Crippen molar-refractivity contribution in [1.82, 2.24) is 0 Å². The monoisotopic (exact) mass is 822 g/mol. The highest BCUT2D eigenvalue weighted by atomic mass is 16.5. The number of methoxy groups -OCH3 is 2. The van der Waals surface area contributed by atoms with Gasteiger partial charge in [-0.15, -0.1) is 0 Å². The molecular weight excluding hydrogens is 769 g/mol. The molecule has 7 aromatic carbocycles. The summed E-state index contributed by atoms with van der Waals surface area (Å²) in [5.74, 6) is 1.55. The van der Waals surface area contributed by atoms with E-state index in [9.17, 15) is 9.59 Å². The van der Waals surface area contributed by atoms with E-state index in [0.29, 0.717) is 11.1 Å². The summed E-state index contributed by atoms with van der Waals surface area (Å²) in [5.41, 5.74) is 9.31. The van der Waals surface area contributed by atoms with E-state index in [4.69, 9.17) is 9.47 Å². The minimum absolute atomic E-state index is 0.0106. The van der Waals surface area contributed by atoms with E-state index in [1.807, 2.05) is 119 Å². The van der Waals surface area contributed by atoms with E-state index in [2.05, 4.69) is 101 Å².